The number of anilines is 2. The second-order valence-corrected chi connectivity index (χ2v) is 7.02. The number of nitrogens with one attached hydrogen (secondary N) is 1. The molecule has 144 valence electrons. The number of aromatic nitrogens is 2. The number of hydrogen-bond acceptors (Lipinski definition) is 6. The molecule has 4 rings (SSSR count). The van der Waals surface area contributed by atoms with Gasteiger partial charge in [-0.2, -0.15) is 4.98 Å². The van der Waals surface area contributed by atoms with Gasteiger partial charge in [-0.1, -0.05) is 5.16 Å². The van der Waals surface area contributed by atoms with E-state index >= 15 is 0 Å². The molecule has 0 aliphatic carbocycles. The van der Waals surface area contributed by atoms with E-state index in [4.69, 9.17) is 4.52 Å². The number of amides is 1. The molecule has 0 bridgehead atoms. The van der Waals surface area contributed by atoms with Gasteiger partial charge in [0, 0.05) is 48.7 Å². The third-order valence-corrected chi connectivity index (χ3v) is 4.92. The number of rotatable bonds is 4. The van der Waals surface area contributed by atoms with Gasteiger partial charge in [-0.25, -0.2) is 0 Å². The molecule has 1 aromatic heterocycles. The normalized spacial score (nSPS) is 14.9. The minimum atomic E-state index is -0.152. The van der Waals surface area contributed by atoms with E-state index in [1.165, 1.54) is 5.69 Å². The van der Waals surface area contributed by atoms with Crippen LogP contribution in [0.1, 0.15) is 16.2 Å². The lowest BCUT2D eigenvalue weighted by Gasteiger charge is -2.34. The van der Waals surface area contributed by atoms with Crippen molar-refractivity contribution in [3.05, 3.63) is 59.9 Å². The number of piperazine rings is 1. The Labute approximate surface area is 164 Å². The van der Waals surface area contributed by atoms with Gasteiger partial charge >= 0.3 is 0 Å². The van der Waals surface area contributed by atoms with Crippen molar-refractivity contribution in [1.29, 1.82) is 0 Å². The van der Waals surface area contributed by atoms with Gasteiger partial charge in [-0.3, -0.25) is 4.79 Å². The van der Waals surface area contributed by atoms with Gasteiger partial charge in [0.05, 0.1) is 0 Å². The zero-order valence-corrected chi connectivity index (χ0v) is 16.1. The highest BCUT2D eigenvalue weighted by Crippen LogP contribution is 2.21. The topological polar surface area (TPSA) is 74.5 Å². The fourth-order valence-corrected chi connectivity index (χ4v) is 3.20. The minimum Gasteiger partial charge on any atom is -0.369 e. The van der Waals surface area contributed by atoms with Crippen LogP contribution in [0.15, 0.2) is 53.1 Å². The summed E-state index contributed by atoms with van der Waals surface area (Å²) in [4.78, 5) is 21.4. The van der Waals surface area contributed by atoms with Crippen molar-refractivity contribution in [1.82, 2.24) is 15.0 Å². The van der Waals surface area contributed by atoms with Crippen LogP contribution in [0.5, 0.6) is 0 Å². The molecular weight excluding hydrogens is 354 g/mol. The number of aryl methyl sites for hydroxylation is 1. The first-order chi connectivity index (χ1) is 13.6. The van der Waals surface area contributed by atoms with Gasteiger partial charge in [0.2, 0.25) is 0 Å². The van der Waals surface area contributed by atoms with Crippen molar-refractivity contribution in [2.24, 2.45) is 0 Å². The first kappa shape index (κ1) is 18.2. The molecule has 2 heterocycles. The molecule has 7 nitrogen and oxygen atoms in total. The van der Waals surface area contributed by atoms with Gasteiger partial charge < -0.3 is 19.6 Å². The third-order valence-electron chi connectivity index (χ3n) is 4.92. The van der Waals surface area contributed by atoms with Crippen molar-refractivity contribution in [2.75, 3.05) is 43.4 Å². The van der Waals surface area contributed by atoms with Crippen molar-refractivity contribution < 1.29 is 9.32 Å². The molecule has 1 fully saturated rings. The molecule has 28 heavy (non-hydrogen) atoms. The lowest BCUT2D eigenvalue weighted by atomic mass is 10.1. The Morgan fingerprint density at radius 2 is 1.68 bits per heavy atom. The van der Waals surface area contributed by atoms with E-state index in [9.17, 15) is 4.79 Å². The molecule has 1 saturated heterocycles. The minimum absolute atomic E-state index is 0.152. The van der Waals surface area contributed by atoms with Crippen LogP contribution in [0.4, 0.5) is 11.4 Å². The molecule has 0 radical (unpaired) electrons. The highest BCUT2D eigenvalue weighted by Gasteiger charge is 2.14. The van der Waals surface area contributed by atoms with E-state index in [-0.39, 0.29) is 5.91 Å². The fourth-order valence-electron chi connectivity index (χ4n) is 3.20. The van der Waals surface area contributed by atoms with E-state index in [1.807, 2.05) is 12.1 Å². The molecule has 3 aromatic rings. The van der Waals surface area contributed by atoms with E-state index in [0.717, 1.165) is 37.4 Å². The maximum absolute atomic E-state index is 12.5. The Kier molecular flexibility index (Phi) is 5.08. The van der Waals surface area contributed by atoms with Crippen LogP contribution in [0.3, 0.4) is 0 Å². The number of carbonyl (C=O) groups is 1. The zero-order chi connectivity index (χ0) is 19.5. The first-order valence-corrected chi connectivity index (χ1v) is 9.34. The predicted octanol–water partition coefficient (Wildman–Crippen LogP) is 3.05. The predicted molar refractivity (Wildman–Crippen MR) is 109 cm³/mol. The lowest BCUT2D eigenvalue weighted by molar-refractivity contribution is 0.102. The molecular formula is C21H23N5O2. The van der Waals surface area contributed by atoms with E-state index in [2.05, 4.69) is 44.4 Å². The summed E-state index contributed by atoms with van der Waals surface area (Å²) in [7, 11) is 2.14. The SMILES string of the molecule is Cc1noc(-c2ccc(C(=O)Nc3ccc(N4CCN(C)CC4)cc3)cc2)n1. The summed E-state index contributed by atoms with van der Waals surface area (Å²) in [6, 6.07) is 15.1. The number of likely N-dealkylation sites (N-methyl/N-ethyl adjacent to an activating group) is 1. The summed E-state index contributed by atoms with van der Waals surface area (Å²) in [5.41, 5.74) is 3.32. The van der Waals surface area contributed by atoms with E-state index < -0.39 is 0 Å². The van der Waals surface area contributed by atoms with Gasteiger partial charge in [0.25, 0.3) is 11.8 Å². The van der Waals surface area contributed by atoms with Crippen LogP contribution in [0.2, 0.25) is 0 Å². The molecule has 7 heteroatoms. The highest BCUT2D eigenvalue weighted by molar-refractivity contribution is 6.04. The van der Waals surface area contributed by atoms with Crippen LogP contribution in [0, 0.1) is 6.92 Å². The summed E-state index contributed by atoms with van der Waals surface area (Å²) in [6.45, 7) is 5.95. The summed E-state index contributed by atoms with van der Waals surface area (Å²) in [6.07, 6.45) is 0. The Morgan fingerprint density at radius 3 is 2.29 bits per heavy atom. The fraction of sp³-hybridized carbons (Fsp3) is 0.286. The average molecular weight is 377 g/mol. The van der Waals surface area contributed by atoms with Crippen molar-refractivity contribution in [3.63, 3.8) is 0 Å². The number of hydrogen-bond donors (Lipinski definition) is 1. The van der Waals surface area contributed by atoms with Gasteiger partial charge in [-0.15, -0.1) is 0 Å². The molecule has 1 amide bonds. The monoisotopic (exact) mass is 377 g/mol. The number of nitrogens with zero attached hydrogens (tertiary/aromatic N) is 4. The molecule has 1 aliphatic rings. The van der Waals surface area contributed by atoms with Gasteiger partial charge in [-0.05, 0) is 62.5 Å². The Hall–Kier alpha value is -3.19. The molecule has 1 aliphatic heterocycles. The van der Waals surface area contributed by atoms with Crippen LogP contribution in [-0.4, -0.2) is 54.2 Å². The molecule has 2 aromatic carbocycles. The van der Waals surface area contributed by atoms with Crippen LogP contribution in [0.25, 0.3) is 11.5 Å². The van der Waals surface area contributed by atoms with Crippen molar-refractivity contribution >= 4 is 17.3 Å². The highest BCUT2D eigenvalue weighted by atomic mass is 16.5. The molecule has 0 unspecified atom stereocenters. The summed E-state index contributed by atoms with van der Waals surface area (Å²) >= 11 is 0. The van der Waals surface area contributed by atoms with Gasteiger partial charge in [0.1, 0.15) is 0 Å². The molecule has 0 saturated carbocycles. The Balaban J connectivity index is 1.39. The Bertz CT molecular complexity index is 942. The van der Waals surface area contributed by atoms with Gasteiger partial charge in [0.15, 0.2) is 5.82 Å². The standard InChI is InChI=1S/C21H23N5O2/c1-15-22-21(28-24-15)17-5-3-16(4-6-17)20(27)23-18-7-9-19(10-8-18)26-13-11-25(2)12-14-26/h3-10H,11-14H2,1-2H3,(H,23,27). The smallest absolute Gasteiger partial charge is 0.257 e. The van der Waals surface area contributed by atoms with Crippen LogP contribution in [-0.2, 0) is 0 Å². The molecule has 0 spiro atoms. The van der Waals surface area contributed by atoms with Crippen molar-refractivity contribution in [3.8, 4) is 11.5 Å². The largest absolute Gasteiger partial charge is 0.369 e. The van der Waals surface area contributed by atoms with Crippen LogP contribution < -0.4 is 10.2 Å². The summed E-state index contributed by atoms with van der Waals surface area (Å²) in [5, 5.41) is 6.72. The van der Waals surface area contributed by atoms with Crippen LogP contribution >= 0.6 is 0 Å². The quantitative estimate of drug-likeness (QED) is 0.753. The number of carbonyl (C=O) groups excluding carboxylic acids is 1. The van der Waals surface area contributed by atoms with Crippen molar-refractivity contribution in [2.45, 2.75) is 6.92 Å². The molecule has 1 N–H and O–H groups in total. The maximum Gasteiger partial charge on any atom is 0.257 e. The summed E-state index contributed by atoms with van der Waals surface area (Å²) in [5.74, 6) is 0.876. The third kappa shape index (κ3) is 4.04. The Morgan fingerprint density at radius 1 is 1.00 bits per heavy atom. The number of benzene rings is 2. The van der Waals surface area contributed by atoms with E-state index in [0.29, 0.717) is 17.3 Å². The first-order valence-electron chi connectivity index (χ1n) is 9.34. The average Bonchev–Trinajstić information content (AvgIpc) is 3.16. The lowest BCUT2D eigenvalue weighted by Crippen LogP contribution is -2.44. The maximum atomic E-state index is 12.5. The molecule has 0 atom stereocenters. The van der Waals surface area contributed by atoms with E-state index in [1.54, 1.807) is 31.2 Å². The second-order valence-electron chi connectivity index (χ2n) is 7.02. The second kappa shape index (κ2) is 7.82. The summed E-state index contributed by atoms with van der Waals surface area (Å²) < 4.78 is 5.15. The zero-order valence-electron chi connectivity index (χ0n) is 16.1.